The highest BCUT2D eigenvalue weighted by Crippen LogP contribution is 2.03. The van der Waals surface area contributed by atoms with Gasteiger partial charge >= 0.3 is 5.97 Å². The standard InChI is InChI=1S/C10H12ClN3O3/c1-2-6(10(16)17)5-12-9(15)7-3-4-8(11)14-13-7/h3-4,6H,2,5H2,1H3,(H,12,15)(H,16,17). The van der Waals surface area contributed by atoms with Crippen LogP contribution < -0.4 is 5.32 Å². The van der Waals surface area contributed by atoms with E-state index in [0.29, 0.717) is 6.42 Å². The van der Waals surface area contributed by atoms with Crippen LogP contribution in [0.2, 0.25) is 5.15 Å². The number of hydrogen-bond donors (Lipinski definition) is 2. The van der Waals surface area contributed by atoms with Gasteiger partial charge in [0.15, 0.2) is 10.8 Å². The van der Waals surface area contributed by atoms with Crippen molar-refractivity contribution in [3.05, 3.63) is 23.0 Å². The molecule has 0 aromatic carbocycles. The smallest absolute Gasteiger partial charge is 0.308 e. The van der Waals surface area contributed by atoms with Gasteiger partial charge < -0.3 is 10.4 Å². The van der Waals surface area contributed by atoms with Crippen molar-refractivity contribution < 1.29 is 14.7 Å². The normalized spacial score (nSPS) is 11.9. The lowest BCUT2D eigenvalue weighted by Gasteiger charge is -2.10. The summed E-state index contributed by atoms with van der Waals surface area (Å²) in [6.07, 6.45) is 0.446. The lowest BCUT2D eigenvalue weighted by Crippen LogP contribution is -2.33. The van der Waals surface area contributed by atoms with Crippen LogP contribution in [-0.4, -0.2) is 33.7 Å². The Kier molecular flexibility index (Phi) is 4.84. The Morgan fingerprint density at radius 1 is 1.47 bits per heavy atom. The molecule has 0 aliphatic carbocycles. The fourth-order valence-corrected chi connectivity index (χ4v) is 1.25. The van der Waals surface area contributed by atoms with E-state index in [9.17, 15) is 9.59 Å². The molecule has 17 heavy (non-hydrogen) atoms. The number of rotatable bonds is 5. The predicted octanol–water partition coefficient (Wildman–Crippen LogP) is 0.971. The molecule has 0 aliphatic rings. The quantitative estimate of drug-likeness (QED) is 0.820. The van der Waals surface area contributed by atoms with Crippen molar-refractivity contribution in [3.63, 3.8) is 0 Å². The summed E-state index contributed by atoms with van der Waals surface area (Å²) in [4.78, 5) is 22.3. The molecule has 0 saturated heterocycles. The lowest BCUT2D eigenvalue weighted by molar-refractivity contribution is -0.141. The number of halogens is 1. The highest BCUT2D eigenvalue weighted by Gasteiger charge is 2.16. The number of amides is 1. The van der Waals surface area contributed by atoms with E-state index in [0.717, 1.165) is 0 Å². The predicted molar refractivity (Wildman–Crippen MR) is 60.8 cm³/mol. The molecule has 92 valence electrons. The second kappa shape index (κ2) is 6.15. The Morgan fingerprint density at radius 3 is 2.65 bits per heavy atom. The maximum atomic E-state index is 11.5. The summed E-state index contributed by atoms with van der Waals surface area (Å²) in [7, 11) is 0. The van der Waals surface area contributed by atoms with Crippen LogP contribution in [0.5, 0.6) is 0 Å². The zero-order valence-electron chi connectivity index (χ0n) is 9.18. The number of hydrogen-bond acceptors (Lipinski definition) is 4. The molecule has 7 heteroatoms. The molecule has 0 fully saturated rings. The van der Waals surface area contributed by atoms with Gasteiger partial charge in [-0.15, -0.1) is 10.2 Å². The molecule has 0 aliphatic heterocycles. The van der Waals surface area contributed by atoms with E-state index in [1.165, 1.54) is 12.1 Å². The maximum absolute atomic E-state index is 11.5. The van der Waals surface area contributed by atoms with Crippen LogP contribution in [0, 0.1) is 5.92 Å². The minimum absolute atomic E-state index is 0.0645. The van der Waals surface area contributed by atoms with Gasteiger partial charge in [-0.2, -0.15) is 0 Å². The number of carbonyl (C=O) groups excluding carboxylic acids is 1. The van der Waals surface area contributed by atoms with Crippen molar-refractivity contribution >= 4 is 23.5 Å². The average Bonchev–Trinajstić information content (AvgIpc) is 2.30. The van der Waals surface area contributed by atoms with Crippen LogP contribution in [0.3, 0.4) is 0 Å². The van der Waals surface area contributed by atoms with Crippen molar-refractivity contribution in [2.45, 2.75) is 13.3 Å². The number of nitrogens with one attached hydrogen (secondary N) is 1. The highest BCUT2D eigenvalue weighted by molar-refractivity contribution is 6.29. The van der Waals surface area contributed by atoms with Crippen molar-refractivity contribution in [1.29, 1.82) is 0 Å². The van der Waals surface area contributed by atoms with Gasteiger partial charge in [0.1, 0.15) is 0 Å². The molecule has 0 radical (unpaired) electrons. The van der Waals surface area contributed by atoms with Crippen LogP contribution in [0.25, 0.3) is 0 Å². The molecule has 1 aromatic heterocycles. The molecule has 1 rings (SSSR count). The summed E-state index contributed by atoms with van der Waals surface area (Å²) in [5.41, 5.74) is 0.106. The second-order valence-electron chi connectivity index (χ2n) is 3.39. The largest absolute Gasteiger partial charge is 0.481 e. The van der Waals surface area contributed by atoms with E-state index in [2.05, 4.69) is 15.5 Å². The molecule has 6 nitrogen and oxygen atoms in total. The maximum Gasteiger partial charge on any atom is 0.308 e. The molecule has 0 saturated carbocycles. The first-order valence-corrected chi connectivity index (χ1v) is 5.42. The zero-order chi connectivity index (χ0) is 12.8. The highest BCUT2D eigenvalue weighted by atomic mass is 35.5. The molecular weight excluding hydrogens is 246 g/mol. The second-order valence-corrected chi connectivity index (χ2v) is 3.78. The monoisotopic (exact) mass is 257 g/mol. The van der Waals surface area contributed by atoms with Gasteiger partial charge in [0.05, 0.1) is 5.92 Å². The Labute approximate surface area is 103 Å². The van der Waals surface area contributed by atoms with Crippen LogP contribution in [-0.2, 0) is 4.79 Å². The first-order chi connectivity index (χ1) is 8.04. The Balaban J connectivity index is 2.55. The van der Waals surface area contributed by atoms with Crippen LogP contribution in [0.15, 0.2) is 12.1 Å². The van der Waals surface area contributed by atoms with E-state index >= 15 is 0 Å². The fourth-order valence-electron chi connectivity index (χ4n) is 1.15. The third kappa shape index (κ3) is 3.99. The van der Waals surface area contributed by atoms with Crippen molar-refractivity contribution in [2.75, 3.05) is 6.54 Å². The molecule has 1 amide bonds. The van der Waals surface area contributed by atoms with Crippen molar-refractivity contribution in [2.24, 2.45) is 5.92 Å². The minimum atomic E-state index is -0.935. The van der Waals surface area contributed by atoms with Gasteiger partial charge in [-0.25, -0.2) is 0 Å². The minimum Gasteiger partial charge on any atom is -0.481 e. The van der Waals surface area contributed by atoms with Gasteiger partial charge in [0.2, 0.25) is 0 Å². The first-order valence-electron chi connectivity index (χ1n) is 5.04. The van der Waals surface area contributed by atoms with E-state index in [-0.39, 0.29) is 17.4 Å². The number of carboxylic acids is 1. The van der Waals surface area contributed by atoms with Crippen LogP contribution in [0.4, 0.5) is 0 Å². The fraction of sp³-hybridized carbons (Fsp3) is 0.400. The average molecular weight is 258 g/mol. The summed E-state index contributed by atoms with van der Waals surface area (Å²) < 4.78 is 0. The zero-order valence-corrected chi connectivity index (χ0v) is 9.94. The molecule has 0 bridgehead atoms. The SMILES string of the molecule is CCC(CNC(=O)c1ccc(Cl)nn1)C(=O)O. The molecule has 0 spiro atoms. The number of aliphatic carboxylic acids is 1. The Morgan fingerprint density at radius 2 is 2.18 bits per heavy atom. The van der Waals surface area contributed by atoms with Crippen molar-refractivity contribution in [1.82, 2.24) is 15.5 Å². The number of carboxylic acid groups (broad SMARTS) is 1. The van der Waals surface area contributed by atoms with Gasteiger partial charge in [-0.05, 0) is 18.6 Å². The number of carbonyl (C=O) groups is 2. The first kappa shape index (κ1) is 13.4. The Hall–Kier alpha value is -1.69. The molecule has 1 unspecified atom stereocenters. The lowest BCUT2D eigenvalue weighted by atomic mass is 10.1. The van der Waals surface area contributed by atoms with Gasteiger partial charge in [-0.3, -0.25) is 9.59 Å². The molecule has 1 heterocycles. The van der Waals surface area contributed by atoms with E-state index in [1.807, 2.05) is 0 Å². The van der Waals surface area contributed by atoms with Crippen LogP contribution >= 0.6 is 11.6 Å². The summed E-state index contributed by atoms with van der Waals surface area (Å²) >= 11 is 5.52. The van der Waals surface area contributed by atoms with E-state index in [1.54, 1.807) is 6.92 Å². The van der Waals surface area contributed by atoms with Gasteiger partial charge in [0.25, 0.3) is 5.91 Å². The van der Waals surface area contributed by atoms with Crippen LogP contribution in [0.1, 0.15) is 23.8 Å². The summed E-state index contributed by atoms with van der Waals surface area (Å²) in [6.45, 7) is 1.81. The molecule has 1 atom stereocenters. The summed E-state index contributed by atoms with van der Waals surface area (Å²) in [5.74, 6) is -2.00. The third-order valence-corrected chi connectivity index (χ3v) is 2.42. The molecule has 1 aromatic rings. The summed E-state index contributed by atoms with van der Waals surface area (Å²) in [6, 6.07) is 2.87. The van der Waals surface area contributed by atoms with Gasteiger partial charge in [0, 0.05) is 6.54 Å². The van der Waals surface area contributed by atoms with E-state index < -0.39 is 17.8 Å². The molecular formula is C10H12ClN3O3. The van der Waals surface area contributed by atoms with E-state index in [4.69, 9.17) is 16.7 Å². The summed E-state index contributed by atoms with van der Waals surface area (Å²) in [5, 5.41) is 18.6. The number of aromatic nitrogens is 2. The Bertz CT molecular complexity index is 408. The number of nitrogens with zero attached hydrogens (tertiary/aromatic N) is 2. The topological polar surface area (TPSA) is 92.2 Å². The van der Waals surface area contributed by atoms with Gasteiger partial charge in [-0.1, -0.05) is 18.5 Å². The third-order valence-electron chi connectivity index (χ3n) is 2.22. The van der Waals surface area contributed by atoms with Crippen molar-refractivity contribution in [3.8, 4) is 0 Å². The molecule has 2 N–H and O–H groups in total.